The number of benzene rings is 1. The van der Waals surface area contributed by atoms with E-state index in [0.29, 0.717) is 30.0 Å². The summed E-state index contributed by atoms with van der Waals surface area (Å²) < 4.78 is 13.5. The first-order valence-corrected chi connectivity index (χ1v) is 11.6. The molecule has 3 atom stereocenters. The van der Waals surface area contributed by atoms with Gasteiger partial charge in [-0.2, -0.15) is 19.6 Å². The van der Waals surface area contributed by atoms with Crippen molar-refractivity contribution in [3.05, 3.63) is 41.6 Å². The van der Waals surface area contributed by atoms with Gasteiger partial charge in [0.25, 0.3) is 0 Å². The van der Waals surface area contributed by atoms with E-state index in [4.69, 9.17) is 19.4 Å². The fourth-order valence-corrected chi connectivity index (χ4v) is 4.87. The highest BCUT2D eigenvalue weighted by Gasteiger charge is 2.35. The maximum atomic E-state index is 6.35. The number of rotatable bonds is 7. The molecule has 2 N–H and O–H groups in total. The van der Waals surface area contributed by atoms with E-state index in [9.17, 15) is 0 Å². The van der Waals surface area contributed by atoms with Crippen LogP contribution >= 0.6 is 0 Å². The maximum Gasteiger partial charge on any atom is 0.322 e. The third-order valence-corrected chi connectivity index (χ3v) is 6.64. The summed E-state index contributed by atoms with van der Waals surface area (Å²) >= 11 is 0. The quantitative estimate of drug-likeness (QED) is 0.577. The van der Waals surface area contributed by atoms with E-state index < -0.39 is 0 Å². The van der Waals surface area contributed by atoms with Crippen LogP contribution in [0.5, 0.6) is 11.8 Å². The Labute approximate surface area is 188 Å². The molecule has 8 heteroatoms. The lowest BCUT2D eigenvalue weighted by atomic mass is 10.0. The van der Waals surface area contributed by atoms with Crippen LogP contribution in [0.2, 0.25) is 0 Å². The number of hydrogen-bond donors (Lipinski definition) is 2. The monoisotopic (exact) mass is 436 g/mol. The van der Waals surface area contributed by atoms with E-state index in [1.54, 1.807) is 11.6 Å². The average Bonchev–Trinajstić information content (AvgIpc) is 3.36. The van der Waals surface area contributed by atoms with E-state index in [-0.39, 0.29) is 12.1 Å². The van der Waals surface area contributed by atoms with Crippen LogP contribution in [-0.4, -0.2) is 44.9 Å². The zero-order valence-electron chi connectivity index (χ0n) is 19.2. The van der Waals surface area contributed by atoms with Crippen LogP contribution in [0.25, 0.3) is 5.65 Å². The number of aromatic nitrogens is 4. The van der Waals surface area contributed by atoms with Gasteiger partial charge in [-0.3, -0.25) is 0 Å². The molecule has 2 fully saturated rings. The van der Waals surface area contributed by atoms with Crippen LogP contribution in [-0.2, 0) is 0 Å². The molecule has 8 nitrogen and oxygen atoms in total. The van der Waals surface area contributed by atoms with Gasteiger partial charge in [0.05, 0.1) is 19.3 Å². The minimum Gasteiger partial charge on any atom is -0.497 e. The van der Waals surface area contributed by atoms with E-state index in [1.807, 2.05) is 24.4 Å². The summed E-state index contributed by atoms with van der Waals surface area (Å²) in [5.74, 6) is 1.76. The van der Waals surface area contributed by atoms with E-state index in [1.165, 1.54) is 12.8 Å². The molecule has 0 saturated carbocycles. The zero-order valence-corrected chi connectivity index (χ0v) is 19.2. The third-order valence-electron chi connectivity index (χ3n) is 6.64. The molecule has 2 aromatic heterocycles. The molecule has 3 aromatic rings. The summed E-state index contributed by atoms with van der Waals surface area (Å²) in [5.41, 5.74) is 2.98. The second kappa shape index (κ2) is 8.58. The van der Waals surface area contributed by atoms with Gasteiger partial charge in [-0.1, -0.05) is 26.0 Å². The zero-order chi connectivity index (χ0) is 22.2. The van der Waals surface area contributed by atoms with Gasteiger partial charge in [0, 0.05) is 17.6 Å². The van der Waals surface area contributed by atoms with E-state index >= 15 is 0 Å². The summed E-state index contributed by atoms with van der Waals surface area (Å²) in [6.45, 7) is 6.40. The van der Waals surface area contributed by atoms with Crippen LogP contribution in [0.1, 0.15) is 69.5 Å². The Hall–Kier alpha value is -2.87. The molecule has 2 unspecified atom stereocenters. The number of fused-ring (bicyclic) bond motifs is 3. The number of nitrogens with one attached hydrogen (secondary N) is 2. The summed E-state index contributed by atoms with van der Waals surface area (Å²) in [4.78, 5) is 9.53. The summed E-state index contributed by atoms with van der Waals surface area (Å²) in [5, 5.41) is 11.8. The van der Waals surface area contributed by atoms with Crippen LogP contribution in [0.4, 0.5) is 5.95 Å². The van der Waals surface area contributed by atoms with Crippen molar-refractivity contribution in [1.82, 2.24) is 24.9 Å². The van der Waals surface area contributed by atoms with Crippen molar-refractivity contribution in [2.24, 2.45) is 0 Å². The number of nitrogens with zero attached hydrogens (tertiary/aromatic N) is 4. The molecule has 0 aliphatic carbocycles. The Morgan fingerprint density at radius 3 is 2.62 bits per heavy atom. The predicted octanol–water partition coefficient (Wildman–Crippen LogP) is 4.09. The minimum atomic E-state index is -0.00234. The number of anilines is 1. The topological polar surface area (TPSA) is 85.6 Å². The molecule has 0 spiro atoms. The summed E-state index contributed by atoms with van der Waals surface area (Å²) in [6.07, 6.45) is 6.49. The SMILES string of the molecule is COc1cccc([C@H](C)Nc2nc(OC3CC4CCC(C3)N4)nc3c(C(C)C)cnn23)c1. The van der Waals surface area contributed by atoms with Crippen molar-refractivity contribution in [1.29, 1.82) is 0 Å². The first-order valence-electron chi connectivity index (χ1n) is 11.6. The summed E-state index contributed by atoms with van der Waals surface area (Å²) in [7, 11) is 1.68. The van der Waals surface area contributed by atoms with Gasteiger partial charge in [-0.25, -0.2) is 0 Å². The molecule has 2 aliphatic rings. The Kier molecular flexibility index (Phi) is 5.63. The van der Waals surface area contributed by atoms with Crippen LogP contribution in [0, 0.1) is 0 Å². The van der Waals surface area contributed by atoms with Crippen molar-refractivity contribution in [3.8, 4) is 11.8 Å². The molecule has 1 aromatic carbocycles. The van der Waals surface area contributed by atoms with Crippen molar-refractivity contribution in [2.45, 2.75) is 76.6 Å². The standard InChI is InChI=1S/C24H32N6O2/c1-14(2)21-13-25-30-22(21)28-24(32-20-11-17-8-9-18(12-20)27-17)29-23(30)26-15(3)16-6-5-7-19(10-16)31-4/h5-7,10,13-15,17-18,20,27H,8-9,11-12H2,1-4H3,(H,26,28,29)/t15-,17?,18?,20?/m0/s1. The van der Waals surface area contributed by atoms with Gasteiger partial charge in [-0.05, 0) is 56.2 Å². The molecule has 2 aliphatic heterocycles. The second-order valence-electron chi connectivity index (χ2n) is 9.31. The molecule has 170 valence electrons. The predicted molar refractivity (Wildman–Crippen MR) is 123 cm³/mol. The smallest absolute Gasteiger partial charge is 0.322 e. The maximum absolute atomic E-state index is 6.35. The Balaban J connectivity index is 1.46. The van der Waals surface area contributed by atoms with Crippen molar-refractivity contribution < 1.29 is 9.47 Å². The number of methoxy groups -OCH3 is 1. The van der Waals surface area contributed by atoms with Crippen LogP contribution in [0.15, 0.2) is 30.5 Å². The first-order chi connectivity index (χ1) is 15.5. The highest BCUT2D eigenvalue weighted by molar-refractivity contribution is 5.53. The number of hydrogen-bond acceptors (Lipinski definition) is 7. The van der Waals surface area contributed by atoms with Gasteiger partial charge in [0.1, 0.15) is 11.9 Å². The van der Waals surface area contributed by atoms with Gasteiger partial charge in [0.2, 0.25) is 5.95 Å². The molecule has 0 amide bonds. The molecule has 0 radical (unpaired) electrons. The highest BCUT2D eigenvalue weighted by Crippen LogP contribution is 2.31. The molecule has 5 rings (SSSR count). The molecule has 32 heavy (non-hydrogen) atoms. The Bertz CT molecular complexity index is 1090. The van der Waals surface area contributed by atoms with E-state index in [0.717, 1.165) is 35.4 Å². The van der Waals surface area contributed by atoms with Crippen molar-refractivity contribution >= 4 is 11.6 Å². The second-order valence-corrected chi connectivity index (χ2v) is 9.31. The highest BCUT2D eigenvalue weighted by atomic mass is 16.5. The first kappa shape index (κ1) is 21.0. The number of piperidine rings is 1. The van der Waals surface area contributed by atoms with E-state index in [2.05, 4.69) is 42.6 Å². The molecular weight excluding hydrogens is 404 g/mol. The van der Waals surface area contributed by atoms with Crippen molar-refractivity contribution in [2.75, 3.05) is 12.4 Å². The van der Waals surface area contributed by atoms with Crippen molar-refractivity contribution in [3.63, 3.8) is 0 Å². The van der Waals surface area contributed by atoms with Gasteiger partial charge >= 0.3 is 6.01 Å². The fourth-order valence-electron chi connectivity index (χ4n) is 4.87. The van der Waals surface area contributed by atoms with Gasteiger partial charge < -0.3 is 20.1 Å². The Morgan fingerprint density at radius 1 is 1.12 bits per heavy atom. The fraction of sp³-hybridized carbons (Fsp3) is 0.542. The third kappa shape index (κ3) is 4.11. The van der Waals surface area contributed by atoms with Crippen LogP contribution < -0.4 is 20.1 Å². The largest absolute Gasteiger partial charge is 0.497 e. The molecule has 2 saturated heterocycles. The lowest BCUT2D eigenvalue weighted by Gasteiger charge is -2.28. The molecule has 4 heterocycles. The van der Waals surface area contributed by atoms with Gasteiger partial charge in [-0.15, -0.1) is 0 Å². The summed E-state index contributed by atoms with van der Waals surface area (Å²) in [6, 6.07) is 9.56. The molecule has 2 bridgehead atoms. The minimum absolute atomic E-state index is 0.00234. The Morgan fingerprint density at radius 2 is 1.91 bits per heavy atom. The molecular formula is C24H32N6O2. The van der Waals surface area contributed by atoms with Crippen LogP contribution in [0.3, 0.4) is 0 Å². The van der Waals surface area contributed by atoms with Gasteiger partial charge in [0.15, 0.2) is 5.65 Å². The normalized spacial score (nSPS) is 23.5. The lowest BCUT2D eigenvalue weighted by Crippen LogP contribution is -2.42. The number of ether oxygens (including phenoxy) is 2. The lowest BCUT2D eigenvalue weighted by molar-refractivity contribution is 0.126. The average molecular weight is 437 g/mol.